The Morgan fingerprint density at radius 1 is 1.00 bits per heavy atom. The van der Waals surface area contributed by atoms with E-state index in [9.17, 15) is 0 Å². The van der Waals surface area contributed by atoms with Crippen molar-refractivity contribution in [2.45, 2.75) is 34.1 Å². The van der Waals surface area contributed by atoms with Crippen LogP contribution in [-0.4, -0.2) is 0 Å². The van der Waals surface area contributed by atoms with Crippen LogP contribution in [0.25, 0.3) is 5.57 Å². The fraction of sp³-hybridized carbons (Fsp3) is 0.263. The third-order valence-electron chi connectivity index (χ3n) is 2.91. The quantitative estimate of drug-likeness (QED) is 0.568. The molecule has 19 heavy (non-hydrogen) atoms. The summed E-state index contributed by atoms with van der Waals surface area (Å²) in [6, 6.07) is 10.5. The molecule has 0 unspecified atom stereocenters. The molecule has 1 rings (SSSR count). The molecule has 100 valence electrons. The molecule has 1 aromatic carbocycles. The van der Waals surface area contributed by atoms with Crippen molar-refractivity contribution in [1.82, 2.24) is 0 Å². The van der Waals surface area contributed by atoms with Gasteiger partial charge in [0.05, 0.1) is 0 Å². The third kappa shape index (κ3) is 5.56. The first-order valence-corrected chi connectivity index (χ1v) is 6.85. The first kappa shape index (κ1) is 15.2. The Morgan fingerprint density at radius 3 is 2.21 bits per heavy atom. The predicted molar refractivity (Wildman–Crippen MR) is 87.0 cm³/mol. The number of allylic oxidation sites excluding steroid dienone is 8. The Labute approximate surface area is 117 Å². The van der Waals surface area contributed by atoms with E-state index in [1.54, 1.807) is 0 Å². The fourth-order valence-electron chi connectivity index (χ4n) is 1.94. The van der Waals surface area contributed by atoms with Crippen molar-refractivity contribution in [2.24, 2.45) is 0 Å². The molecule has 0 fully saturated rings. The molecule has 0 saturated heterocycles. The lowest BCUT2D eigenvalue weighted by Crippen LogP contribution is -1.81. The maximum atomic E-state index is 2.24. The summed E-state index contributed by atoms with van der Waals surface area (Å²) in [5.74, 6) is 0. The normalized spacial score (nSPS) is 12.8. The molecular formula is C19H24. The molecule has 0 saturated carbocycles. The van der Waals surface area contributed by atoms with E-state index >= 15 is 0 Å². The van der Waals surface area contributed by atoms with Crippen LogP contribution in [0.1, 0.15) is 39.7 Å². The van der Waals surface area contributed by atoms with Crippen molar-refractivity contribution in [1.29, 1.82) is 0 Å². The van der Waals surface area contributed by atoms with Crippen LogP contribution >= 0.6 is 0 Å². The van der Waals surface area contributed by atoms with Crippen LogP contribution < -0.4 is 0 Å². The summed E-state index contributed by atoms with van der Waals surface area (Å²) in [5, 5.41) is 0. The molecule has 0 heteroatoms. The van der Waals surface area contributed by atoms with E-state index < -0.39 is 0 Å². The van der Waals surface area contributed by atoms with Crippen LogP contribution in [0.2, 0.25) is 0 Å². The maximum Gasteiger partial charge on any atom is -0.00974 e. The molecule has 0 spiro atoms. The molecule has 0 amide bonds. The summed E-state index contributed by atoms with van der Waals surface area (Å²) in [4.78, 5) is 0. The average molecular weight is 252 g/mol. The van der Waals surface area contributed by atoms with Gasteiger partial charge >= 0.3 is 0 Å². The van der Waals surface area contributed by atoms with Gasteiger partial charge in [0.1, 0.15) is 0 Å². The Bertz CT molecular complexity index is 492. The lowest BCUT2D eigenvalue weighted by atomic mass is 10.0. The zero-order chi connectivity index (χ0) is 14.1. The Morgan fingerprint density at radius 2 is 1.68 bits per heavy atom. The van der Waals surface area contributed by atoms with Crippen LogP contribution in [0, 0.1) is 0 Å². The Kier molecular flexibility index (Phi) is 6.67. The highest BCUT2D eigenvalue weighted by molar-refractivity contribution is 5.73. The summed E-state index contributed by atoms with van der Waals surface area (Å²) < 4.78 is 0. The smallest absolute Gasteiger partial charge is 0.00974 e. The van der Waals surface area contributed by atoms with Gasteiger partial charge in [-0.05, 0) is 50.8 Å². The van der Waals surface area contributed by atoms with Crippen LogP contribution in [0.15, 0.2) is 71.9 Å². The van der Waals surface area contributed by atoms with E-state index in [-0.39, 0.29) is 0 Å². The van der Waals surface area contributed by atoms with E-state index in [1.165, 1.54) is 22.3 Å². The van der Waals surface area contributed by atoms with E-state index in [4.69, 9.17) is 0 Å². The van der Waals surface area contributed by atoms with Gasteiger partial charge in [-0.2, -0.15) is 0 Å². The molecule has 1 aromatic rings. The van der Waals surface area contributed by atoms with Crippen molar-refractivity contribution in [2.75, 3.05) is 0 Å². The van der Waals surface area contributed by atoms with Gasteiger partial charge in [0.25, 0.3) is 0 Å². The van der Waals surface area contributed by atoms with Gasteiger partial charge < -0.3 is 0 Å². The highest BCUT2D eigenvalue weighted by Gasteiger charge is 1.95. The molecule has 0 aromatic heterocycles. The average Bonchev–Trinajstić information content (AvgIpc) is 2.42. The minimum absolute atomic E-state index is 0.978. The third-order valence-corrected chi connectivity index (χ3v) is 2.91. The second kappa shape index (κ2) is 8.31. The number of hydrogen-bond donors (Lipinski definition) is 0. The van der Waals surface area contributed by atoms with Gasteiger partial charge in [-0.3, -0.25) is 0 Å². The lowest BCUT2D eigenvalue weighted by Gasteiger charge is -2.02. The highest BCUT2D eigenvalue weighted by atomic mass is 14.0. The number of benzene rings is 1. The maximum absolute atomic E-state index is 2.24. The molecule has 0 aliphatic heterocycles. The van der Waals surface area contributed by atoms with Crippen molar-refractivity contribution in [3.8, 4) is 0 Å². The van der Waals surface area contributed by atoms with Crippen molar-refractivity contribution in [3.05, 3.63) is 77.4 Å². The van der Waals surface area contributed by atoms with Crippen molar-refractivity contribution < 1.29 is 0 Å². The molecular weight excluding hydrogens is 228 g/mol. The van der Waals surface area contributed by atoms with Gasteiger partial charge in [-0.1, -0.05) is 66.3 Å². The summed E-state index contributed by atoms with van der Waals surface area (Å²) in [6.45, 7) is 8.44. The van der Waals surface area contributed by atoms with Crippen molar-refractivity contribution >= 4 is 5.57 Å². The first-order valence-electron chi connectivity index (χ1n) is 6.85. The second-order valence-electron chi connectivity index (χ2n) is 4.80. The highest BCUT2D eigenvalue weighted by Crippen LogP contribution is 2.16. The van der Waals surface area contributed by atoms with E-state index in [2.05, 4.69) is 82.3 Å². The standard InChI is InChI=1S/C19H24/c1-5-17(15-16(3)4)11-10-14-18(6-2)19-12-8-7-9-13-19/h5-10,12-15H,11H2,1-4H3/b14-10-,17-5-,18-6+. The molecule has 0 bridgehead atoms. The number of hydrogen-bond acceptors (Lipinski definition) is 0. The molecule has 0 heterocycles. The lowest BCUT2D eigenvalue weighted by molar-refractivity contribution is 1.24. The van der Waals surface area contributed by atoms with E-state index in [0.717, 1.165) is 6.42 Å². The summed E-state index contributed by atoms with van der Waals surface area (Å²) in [5.41, 5.74) is 5.24. The summed E-state index contributed by atoms with van der Waals surface area (Å²) >= 11 is 0. The van der Waals surface area contributed by atoms with E-state index in [1.807, 2.05) is 6.07 Å². The molecule has 0 N–H and O–H groups in total. The van der Waals surface area contributed by atoms with Crippen LogP contribution in [0.4, 0.5) is 0 Å². The van der Waals surface area contributed by atoms with Gasteiger partial charge in [-0.15, -0.1) is 0 Å². The van der Waals surface area contributed by atoms with Crippen LogP contribution in [0.3, 0.4) is 0 Å². The monoisotopic (exact) mass is 252 g/mol. The zero-order valence-electron chi connectivity index (χ0n) is 12.5. The van der Waals surface area contributed by atoms with Crippen molar-refractivity contribution in [3.63, 3.8) is 0 Å². The molecule has 0 aliphatic rings. The summed E-state index contributed by atoms with van der Waals surface area (Å²) in [6.07, 6.45) is 12.0. The summed E-state index contributed by atoms with van der Waals surface area (Å²) in [7, 11) is 0. The fourth-order valence-corrected chi connectivity index (χ4v) is 1.94. The second-order valence-corrected chi connectivity index (χ2v) is 4.80. The minimum Gasteiger partial charge on any atom is -0.0841 e. The zero-order valence-corrected chi connectivity index (χ0v) is 12.5. The molecule has 0 nitrogen and oxygen atoms in total. The Balaban J connectivity index is 2.73. The van der Waals surface area contributed by atoms with Gasteiger partial charge in [0.15, 0.2) is 0 Å². The van der Waals surface area contributed by atoms with Crippen LogP contribution in [-0.2, 0) is 0 Å². The van der Waals surface area contributed by atoms with Gasteiger partial charge in [-0.25, -0.2) is 0 Å². The molecule has 0 aliphatic carbocycles. The molecule has 0 atom stereocenters. The predicted octanol–water partition coefficient (Wildman–Crippen LogP) is 5.95. The Hall–Kier alpha value is -1.82. The largest absolute Gasteiger partial charge is 0.0841 e. The topological polar surface area (TPSA) is 0 Å². The van der Waals surface area contributed by atoms with Gasteiger partial charge in [0.2, 0.25) is 0 Å². The van der Waals surface area contributed by atoms with E-state index in [0.29, 0.717) is 0 Å². The minimum atomic E-state index is 0.978. The van der Waals surface area contributed by atoms with Crippen LogP contribution in [0.5, 0.6) is 0 Å². The molecule has 0 radical (unpaired) electrons. The first-order chi connectivity index (χ1) is 9.17. The van der Waals surface area contributed by atoms with Gasteiger partial charge in [0, 0.05) is 0 Å². The SMILES string of the molecule is C/C=C(\C=C(C)C)C/C=C\C(=C/C)c1ccccc1. The number of rotatable bonds is 5.